The fourth-order valence-electron chi connectivity index (χ4n) is 4.76. The minimum Gasteiger partial charge on any atom is -0.497 e. The Morgan fingerprint density at radius 3 is 2.62 bits per heavy atom. The van der Waals surface area contributed by atoms with Gasteiger partial charge >= 0.3 is 5.97 Å². The Balaban J connectivity index is 1.75. The van der Waals surface area contributed by atoms with Crippen molar-refractivity contribution in [2.24, 2.45) is 0 Å². The number of carbonyl (C=O) groups excluding carboxylic acids is 1. The van der Waals surface area contributed by atoms with E-state index >= 15 is 0 Å². The van der Waals surface area contributed by atoms with E-state index in [1.807, 2.05) is 31.2 Å². The van der Waals surface area contributed by atoms with Gasteiger partial charge in [-0.15, -0.1) is 0 Å². The molecule has 7 heteroatoms. The highest BCUT2D eigenvalue weighted by Crippen LogP contribution is 2.47. The van der Waals surface area contributed by atoms with Crippen LogP contribution < -0.4 is 10.1 Å². The molecule has 1 atom stereocenters. The number of carbonyl (C=O) groups is 2. The summed E-state index contributed by atoms with van der Waals surface area (Å²) in [5, 5.41) is 17.9. The maximum Gasteiger partial charge on any atom is 0.337 e. The molecule has 2 heterocycles. The molecule has 0 bridgehead atoms. The number of benzene rings is 2. The van der Waals surface area contributed by atoms with E-state index in [1.54, 1.807) is 36.1 Å². The lowest BCUT2D eigenvalue weighted by Gasteiger charge is -2.33. The van der Waals surface area contributed by atoms with Gasteiger partial charge < -0.3 is 15.2 Å². The molecule has 2 aliphatic rings. The number of carboxylic acids is 1. The summed E-state index contributed by atoms with van der Waals surface area (Å²) in [6.45, 7) is 1.90. The lowest BCUT2D eigenvalue weighted by atomic mass is 9.76. The number of aromatic nitrogens is 2. The number of anilines is 1. The van der Waals surface area contributed by atoms with E-state index in [2.05, 4.69) is 5.32 Å². The third-order valence-corrected chi connectivity index (χ3v) is 6.22. The molecule has 0 radical (unpaired) electrons. The summed E-state index contributed by atoms with van der Waals surface area (Å²) in [5.74, 6) is 0.312. The lowest BCUT2D eigenvalue weighted by molar-refractivity contribution is -0.116. The average Bonchev–Trinajstić information content (AvgIpc) is 3.14. The van der Waals surface area contributed by atoms with Gasteiger partial charge in [-0.3, -0.25) is 4.79 Å². The number of carboxylic acid groups (broad SMARTS) is 1. The summed E-state index contributed by atoms with van der Waals surface area (Å²) in [7, 11) is 1.62. The van der Waals surface area contributed by atoms with Crippen LogP contribution in [-0.4, -0.2) is 33.7 Å². The van der Waals surface area contributed by atoms with Crippen molar-refractivity contribution in [1.82, 2.24) is 9.78 Å². The number of fused-ring (bicyclic) bond motifs is 1. The van der Waals surface area contributed by atoms with Crippen molar-refractivity contribution >= 4 is 17.6 Å². The van der Waals surface area contributed by atoms with Crippen molar-refractivity contribution in [2.75, 3.05) is 12.4 Å². The number of ether oxygens (including phenoxy) is 1. The molecule has 2 aromatic carbocycles. The van der Waals surface area contributed by atoms with Gasteiger partial charge in [0.1, 0.15) is 11.6 Å². The zero-order valence-electron chi connectivity index (χ0n) is 17.9. The van der Waals surface area contributed by atoms with E-state index in [0.29, 0.717) is 17.9 Å². The van der Waals surface area contributed by atoms with Crippen molar-refractivity contribution in [2.45, 2.75) is 32.1 Å². The normalized spacial score (nSPS) is 17.4. The molecule has 1 aliphatic heterocycles. The van der Waals surface area contributed by atoms with Gasteiger partial charge in [0, 0.05) is 29.2 Å². The number of Topliss-reactive ketones (excluding diaryl/α,β-unsaturated/α-hetero) is 1. The molecule has 0 unspecified atom stereocenters. The average molecular weight is 429 g/mol. The first kappa shape index (κ1) is 20.1. The zero-order chi connectivity index (χ0) is 22.4. The Morgan fingerprint density at radius 2 is 1.91 bits per heavy atom. The van der Waals surface area contributed by atoms with Crippen molar-refractivity contribution in [3.05, 3.63) is 82.2 Å². The van der Waals surface area contributed by atoms with Crippen molar-refractivity contribution in [3.8, 4) is 11.4 Å². The lowest BCUT2D eigenvalue weighted by Crippen LogP contribution is -2.27. The molecule has 162 valence electrons. The Morgan fingerprint density at radius 1 is 1.16 bits per heavy atom. The fraction of sp³-hybridized carbons (Fsp3) is 0.240. The van der Waals surface area contributed by atoms with Crippen LogP contribution in [0.15, 0.2) is 59.8 Å². The van der Waals surface area contributed by atoms with Gasteiger partial charge in [-0.2, -0.15) is 5.10 Å². The third kappa shape index (κ3) is 3.09. The highest BCUT2D eigenvalue weighted by atomic mass is 16.5. The SMILES string of the molecule is COc1ccc([C@@H]2C3=C(CCCC3=O)Nc3c2c(C)nn3-c2ccccc2C(=O)O)cc1. The van der Waals surface area contributed by atoms with E-state index in [-0.39, 0.29) is 17.3 Å². The first-order valence-electron chi connectivity index (χ1n) is 10.6. The summed E-state index contributed by atoms with van der Waals surface area (Å²) >= 11 is 0. The molecule has 32 heavy (non-hydrogen) atoms. The van der Waals surface area contributed by atoms with Gasteiger partial charge in [0.05, 0.1) is 24.1 Å². The Bertz CT molecular complexity index is 1270. The maximum atomic E-state index is 13.0. The molecule has 2 N–H and O–H groups in total. The second-order valence-electron chi connectivity index (χ2n) is 8.08. The fourth-order valence-corrected chi connectivity index (χ4v) is 4.76. The zero-order valence-corrected chi connectivity index (χ0v) is 17.9. The van der Waals surface area contributed by atoms with Crippen molar-refractivity contribution < 1.29 is 19.4 Å². The van der Waals surface area contributed by atoms with Crippen LogP contribution >= 0.6 is 0 Å². The minimum absolute atomic E-state index is 0.142. The number of para-hydroxylation sites is 1. The highest BCUT2D eigenvalue weighted by molar-refractivity contribution is 6.01. The van der Waals surface area contributed by atoms with Crippen LogP contribution in [0.3, 0.4) is 0 Å². The molecule has 0 saturated carbocycles. The number of methoxy groups -OCH3 is 1. The van der Waals surface area contributed by atoms with Gasteiger partial charge in [-0.25, -0.2) is 9.48 Å². The molecule has 0 amide bonds. The Hall–Kier alpha value is -3.87. The number of hydrogen-bond acceptors (Lipinski definition) is 5. The second kappa shape index (κ2) is 7.67. The highest BCUT2D eigenvalue weighted by Gasteiger charge is 2.39. The Kier molecular flexibility index (Phi) is 4.81. The predicted octanol–water partition coefficient (Wildman–Crippen LogP) is 4.45. The molecule has 0 fully saturated rings. The van der Waals surface area contributed by atoms with Crippen LogP contribution in [0.2, 0.25) is 0 Å². The van der Waals surface area contributed by atoms with E-state index in [4.69, 9.17) is 9.84 Å². The molecular weight excluding hydrogens is 406 g/mol. The second-order valence-corrected chi connectivity index (χ2v) is 8.08. The summed E-state index contributed by atoms with van der Waals surface area (Å²) in [5.41, 5.74) is 4.94. The molecule has 0 saturated heterocycles. The van der Waals surface area contributed by atoms with Gasteiger partial charge in [0.2, 0.25) is 0 Å². The smallest absolute Gasteiger partial charge is 0.337 e. The minimum atomic E-state index is -1.02. The molecule has 0 spiro atoms. The summed E-state index contributed by atoms with van der Waals surface area (Å²) in [6, 6.07) is 14.6. The standard InChI is InChI=1S/C25H23N3O4/c1-14-21-22(15-10-12-16(32-2)13-11-15)23-18(7-5-9-20(23)29)26-24(21)28(27-14)19-8-4-3-6-17(19)25(30)31/h3-4,6,8,10-13,22,26H,5,7,9H2,1-2H3,(H,30,31)/t22-/m0/s1. The maximum absolute atomic E-state index is 13.0. The largest absolute Gasteiger partial charge is 0.497 e. The van der Waals surface area contributed by atoms with Crippen LogP contribution in [0.1, 0.15) is 52.4 Å². The van der Waals surface area contributed by atoms with Gasteiger partial charge in [0.15, 0.2) is 5.78 Å². The third-order valence-electron chi connectivity index (χ3n) is 6.22. The van der Waals surface area contributed by atoms with Crippen LogP contribution in [0.5, 0.6) is 5.75 Å². The number of aryl methyl sites for hydroxylation is 1. The first-order valence-corrected chi connectivity index (χ1v) is 10.6. The topological polar surface area (TPSA) is 93.5 Å². The number of nitrogens with zero attached hydrogens (tertiary/aromatic N) is 2. The molecule has 1 aliphatic carbocycles. The molecule has 1 aromatic heterocycles. The molecule has 3 aromatic rings. The molecule has 5 rings (SSSR count). The molecular formula is C25H23N3O4. The first-order chi connectivity index (χ1) is 15.5. The predicted molar refractivity (Wildman–Crippen MR) is 120 cm³/mol. The van der Waals surface area contributed by atoms with Crippen molar-refractivity contribution in [1.29, 1.82) is 0 Å². The number of allylic oxidation sites excluding steroid dienone is 2. The number of rotatable bonds is 4. The van der Waals surface area contributed by atoms with Crippen LogP contribution in [0, 0.1) is 6.92 Å². The summed E-state index contributed by atoms with van der Waals surface area (Å²) in [4.78, 5) is 24.9. The number of hydrogen-bond donors (Lipinski definition) is 2. The Labute approximate surface area is 185 Å². The summed E-state index contributed by atoms with van der Waals surface area (Å²) < 4.78 is 6.97. The van der Waals surface area contributed by atoms with E-state index < -0.39 is 5.97 Å². The van der Waals surface area contributed by atoms with Crippen LogP contribution in [-0.2, 0) is 4.79 Å². The van der Waals surface area contributed by atoms with Gasteiger partial charge in [0.25, 0.3) is 0 Å². The molecule has 7 nitrogen and oxygen atoms in total. The van der Waals surface area contributed by atoms with Gasteiger partial charge in [-0.05, 0) is 49.6 Å². The van der Waals surface area contributed by atoms with E-state index in [1.165, 1.54) is 0 Å². The quantitative estimate of drug-likeness (QED) is 0.636. The van der Waals surface area contributed by atoms with Crippen molar-refractivity contribution in [3.63, 3.8) is 0 Å². The van der Waals surface area contributed by atoms with Crippen LogP contribution in [0.25, 0.3) is 5.69 Å². The van der Waals surface area contributed by atoms with Crippen LogP contribution in [0.4, 0.5) is 5.82 Å². The number of ketones is 1. The number of aromatic carboxylic acids is 1. The summed E-state index contributed by atoms with van der Waals surface area (Å²) in [6.07, 6.45) is 2.07. The van der Waals surface area contributed by atoms with Gasteiger partial charge in [-0.1, -0.05) is 24.3 Å². The monoisotopic (exact) mass is 429 g/mol. The van der Waals surface area contributed by atoms with E-state index in [9.17, 15) is 14.7 Å². The number of nitrogens with one attached hydrogen (secondary N) is 1. The van der Waals surface area contributed by atoms with E-state index in [0.717, 1.165) is 46.7 Å².